The van der Waals surface area contributed by atoms with Crippen molar-refractivity contribution in [1.82, 2.24) is 4.90 Å². The predicted octanol–water partition coefficient (Wildman–Crippen LogP) is 2.03. The maximum absolute atomic E-state index is 11.3. The van der Waals surface area contributed by atoms with Gasteiger partial charge in [-0.1, -0.05) is 22.9 Å². The van der Waals surface area contributed by atoms with E-state index >= 15 is 0 Å². The molecule has 12 heavy (non-hydrogen) atoms. The molecule has 0 saturated carbocycles. The average molecular weight is 234 g/mol. The van der Waals surface area contributed by atoms with Gasteiger partial charge in [-0.05, 0) is 18.8 Å². The zero-order valence-corrected chi connectivity index (χ0v) is 9.14. The van der Waals surface area contributed by atoms with Gasteiger partial charge in [-0.2, -0.15) is 0 Å². The van der Waals surface area contributed by atoms with E-state index in [1.54, 1.807) is 0 Å². The molecule has 0 aromatic carbocycles. The maximum atomic E-state index is 11.3. The molecule has 1 heterocycles. The molecule has 3 heteroatoms. The average Bonchev–Trinajstić information content (AvgIpc) is 2.52. The lowest BCUT2D eigenvalue weighted by molar-refractivity contribution is -0.129. The number of rotatable bonds is 3. The van der Waals surface area contributed by atoms with E-state index < -0.39 is 0 Å². The van der Waals surface area contributed by atoms with Crippen molar-refractivity contribution in [2.45, 2.75) is 26.2 Å². The van der Waals surface area contributed by atoms with Gasteiger partial charge in [-0.25, -0.2) is 0 Å². The third-order valence-electron chi connectivity index (χ3n) is 2.46. The van der Waals surface area contributed by atoms with Gasteiger partial charge in [0, 0.05) is 24.8 Å². The molecule has 0 radical (unpaired) electrons. The van der Waals surface area contributed by atoms with E-state index in [0.29, 0.717) is 12.3 Å². The molecule has 1 saturated heterocycles. The monoisotopic (exact) mass is 233 g/mol. The molecule has 0 aromatic heterocycles. The Labute approximate surface area is 82.4 Å². The van der Waals surface area contributed by atoms with Crippen molar-refractivity contribution in [2.24, 2.45) is 5.92 Å². The molecule has 0 N–H and O–H groups in total. The van der Waals surface area contributed by atoms with Crippen molar-refractivity contribution in [1.29, 1.82) is 0 Å². The summed E-state index contributed by atoms with van der Waals surface area (Å²) in [5.74, 6) is 1.05. The molecule has 1 amide bonds. The minimum atomic E-state index is 0.312. The van der Waals surface area contributed by atoms with Gasteiger partial charge in [0.15, 0.2) is 0 Å². The molecule has 1 aliphatic rings. The van der Waals surface area contributed by atoms with Crippen LogP contribution in [0.5, 0.6) is 0 Å². The summed E-state index contributed by atoms with van der Waals surface area (Å²) in [7, 11) is 0. The van der Waals surface area contributed by atoms with Crippen LogP contribution in [0.1, 0.15) is 26.2 Å². The number of likely N-dealkylation sites (tertiary alicyclic amines) is 1. The fourth-order valence-corrected chi connectivity index (χ4v) is 2.32. The molecule has 1 unspecified atom stereocenters. The lowest BCUT2D eigenvalue weighted by Crippen LogP contribution is -2.27. The Hall–Kier alpha value is -0.0500. The fourth-order valence-electron chi connectivity index (χ4n) is 1.67. The quantitative estimate of drug-likeness (QED) is 0.684. The molecular formula is C9H16BrNO. The summed E-state index contributed by atoms with van der Waals surface area (Å²) in [5.41, 5.74) is 0. The van der Waals surface area contributed by atoms with Crippen LogP contribution < -0.4 is 0 Å². The minimum absolute atomic E-state index is 0.312. The van der Waals surface area contributed by atoms with Crippen LogP contribution in [0.3, 0.4) is 0 Å². The van der Waals surface area contributed by atoms with E-state index in [4.69, 9.17) is 0 Å². The summed E-state index contributed by atoms with van der Waals surface area (Å²) in [5, 5.41) is 1.06. The van der Waals surface area contributed by atoms with Crippen molar-refractivity contribution in [2.75, 3.05) is 18.4 Å². The fraction of sp³-hybridized carbons (Fsp3) is 0.889. The van der Waals surface area contributed by atoms with Crippen LogP contribution in [0.4, 0.5) is 0 Å². The molecule has 70 valence electrons. The van der Waals surface area contributed by atoms with Gasteiger partial charge in [0.25, 0.3) is 0 Å². The number of nitrogens with zero attached hydrogens (tertiary/aromatic N) is 1. The first-order valence-electron chi connectivity index (χ1n) is 4.61. The summed E-state index contributed by atoms with van der Waals surface area (Å²) in [4.78, 5) is 13.3. The largest absolute Gasteiger partial charge is 0.342 e. The molecule has 1 aliphatic heterocycles. The van der Waals surface area contributed by atoms with Crippen molar-refractivity contribution in [3.05, 3.63) is 0 Å². The van der Waals surface area contributed by atoms with Crippen LogP contribution >= 0.6 is 15.9 Å². The van der Waals surface area contributed by atoms with Crippen LogP contribution in [0.2, 0.25) is 0 Å². The van der Waals surface area contributed by atoms with Gasteiger partial charge in [-0.15, -0.1) is 0 Å². The number of amides is 1. The van der Waals surface area contributed by atoms with E-state index in [9.17, 15) is 4.79 Å². The van der Waals surface area contributed by atoms with Crippen molar-refractivity contribution >= 4 is 21.8 Å². The summed E-state index contributed by atoms with van der Waals surface area (Å²) < 4.78 is 0. The Kier molecular flexibility index (Phi) is 4.06. The third-order valence-corrected chi connectivity index (χ3v) is 2.92. The van der Waals surface area contributed by atoms with E-state index in [0.717, 1.165) is 24.3 Å². The number of carbonyl (C=O) groups is 1. The van der Waals surface area contributed by atoms with Crippen molar-refractivity contribution in [3.8, 4) is 0 Å². The van der Waals surface area contributed by atoms with Crippen LogP contribution in [-0.2, 0) is 4.79 Å². The van der Waals surface area contributed by atoms with Gasteiger partial charge in [0.1, 0.15) is 0 Å². The third kappa shape index (κ3) is 2.47. The Morgan fingerprint density at radius 2 is 2.42 bits per heavy atom. The summed E-state index contributed by atoms with van der Waals surface area (Å²) in [6, 6.07) is 0. The Morgan fingerprint density at radius 1 is 1.67 bits per heavy atom. The second kappa shape index (κ2) is 4.85. The van der Waals surface area contributed by atoms with Crippen LogP contribution in [0, 0.1) is 5.92 Å². The van der Waals surface area contributed by atoms with Gasteiger partial charge < -0.3 is 4.90 Å². The number of hydrogen-bond donors (Lipinski definition) is 0. The molecule has 1 rings (SSSR count). The smallest absolute Gasteiger partial charge is 0.222 e. The van der Waals surface area contributed by atoms with E-state index in [1.807, 2.05) is 11.8 Å². The summed E-state index contributed by atoms with van der Waals surface area (Å²) >= 11 is 3.43. The topological polar surface area (TPSA) is 20.3 Å². The molecule has 0 spiro atoms. The number of halogens is 1. The Balaban J connectivity index is 2.30. The number of hydrogen-bond acceptors (Lipinski definition) is 1. The lowest BCUT2D eigenvalue weighted by Gasteiger charge is -2.14. The van der Waals surface area contributed by atoms with Gasteiger partial charge >= 0.3 is 0 Å². The minimum Gasteiger partial charge on any atom is -0.342 e. The molecule has 0 aliphatic carbocycles. The van der Waals surface area contributed by atoms with Crippen molar-refractivity contribution < 1.29 is 4.79 Å². The highest BCUT2D eigenvalue weighted by Crippen LogP contribution is 2.20. The first-order chi connectivity index (χ1) is 5.77. The van der Waals surface area contributed by atoms with Gasteiger partial charge in [0.2, 0.25) is 5.91 Å². The van der Waals surface area contributed by atoms with E-state index in [-0.39, 0.29) is 0 Å². The summed E-state index contributed by atoms with van der Waals surface area (Å²) in [6.07, 6.45) is 3.05. The maximum Gasteiger partial charge on any atom is 0.222 e. The Morgan fingerprint density at radius 3 is 3.00 bits per heavy atom. The highest BCUT2D eigenvalue weighted by Gasteiger charge is 2.24. The van der Waals surface area contributed by atoms with Gasteiger partial charge in [0.05, 0.1) is 0 Å². The highest BCUT2D eigenvalue weighted by atomic mass is 79.9. The standard InChI is InChI=1S/C9H16BrNO/c1-2-9(12)11-6-4-8(7-11)3-5-10/h8H,2-7H2,1H3. The first-order valence-corrected chi connectivity index (χ1v) is 5.73. The summed E-state index contributed by atoms with van der Waals surface area (Å²) in [6.45, 7) is 3.89. The zero-order valence-electron chi connectivity index (χ0n) is 7.55. The van der Waals surface area contributed by atoms with Crippen molar-refractivity contribution in [3.63, 3.8) is 0 Å². The second-order valence-corrected chi connectivity index (χ2v) is 4.12. The predicted molar refractivity (Wildman–Crippen MR) is 53.4 cm³/mol. The van der Waals surface area contributed by atoms with Crippen LogP contribution in [0.25, 0.3) is 0 Å². The lowest BCUT2D eigenvalue weighted by atomic mass is 10.1. The SMILES string of the molecule is CCC(=O)N1CCC(CCBr)C1. The molecular weight excluding hydrogens is 218 g/mol. The second-order valence-electron chi connectivity index (χ2n) is 3.33. The van der Waals surface area contributed by atoms with E-state index in [1.165, 1.54) is 12.8 Å². The molecule has 0 aromatic rings. The normalized spacial score (nSPS) is 23.2. The molecule has 1 atom stereocenters. The highest BCUT2D eigenvalue weighted by molar-refractivity contribution is 9.09. The van der Waals surface area contributed by atoms with Crippen LogP contribution in [-0.4, -0.2) is 29.2 Å². The first kappa shape index (κ1) is 10.0. The molecule has 1 fully saturated rings. The zero-order chi connectivity index (χ0) is 8.97. The van der Waals surface area contributed by atoms with Crippen LogP contribution in [0.15, 0.2) is 0 Å². The van der Waals surface area contributed by atoms with E-state index in [2.05, 4.69) is 15.9 Å². The number of carbonyl (C=O) groups excluding carboxylic acids is 1. The van der Waals surface area contributed by atoms with Gasteiger partial charge in [-0.3, -0.25) is 4.79 Å². The number of alkyl halides is 1. The molecule has 0 bridgehead atoms. The Bertz CT molecular complexity index is 161. The molecule has 2 nitrogen and oxygen atoms in total.